The van der Waals surface area contributed by atoms with Crippen molar-refractivity contribution < 1.29 is 18.5 Å². The fourth-order valence-electron chi connectivity index (χ4n) is 2.52. The maximum atomic E-state index is 12.7. The zero-order chi connectivity index (χ0) is 17.9. The van der Waals surface area contributed by atoms with E-state index in [0.29, 0.717) is 6.42 Å². The van der Waals surface area contributed by atoms with Crippen LogP contribution in [0.2, 0.25) is 0 Å². The fraction of sp³-hybridized carbons (Fsp3) is 0.692. The van der Waals surface area contributed by atoms with Crippen molar-refractivity contribution in [1.82, 2.24) is 14.6 Å². The summed E-state index contributed by atoms with van der Waals surface area (Å²) in [5.74, 6) is 0. The summed E-state index contributed by atoms with van der Waals surface area (Å²) in [5, 5.41) is 1.54. The minimum Gasteiger partial charge on any atom is -0.309 e. The second-order valence-corrected chi connectivity index (χ2v) is 8.23. The van der Waals surface area contributed by atoms with E-state index in [-0.39, 0.29) is 29.9 Å². The standard InChI is InChI=1S/C13H21BrN3O6P/c1-4-21-24(20,22-5-2)8-9-6-11(23-16(9)3)17-7-10(14)12(18)15-13(17)19/h7,9,11H,4-6,8H2,1-3H3,(H,15,18,19)/t9-,11+/m1/s1. The lowest BCUT2D eigenvalue weighted by Gasteiger charge is -2.22. The molecule has 1 aliphatic rings. The maximum Gasteiger partial charge on any atom is 0.332 e. The van der Waals surface area contributed by atoms with Crippen molar-refractivity contribution in [3.05, 3.63) is 31.5 Å². The van der Waals surface area contributed by atoms with Gasteiger partial charge in [0.1, 0.15) is 0 Å². The molecule has 0 spiro atoms. The summed E-state index contributed by atoms with van der Waals surface area (Å²) < 4.78 is 24.8. The Morgan fingerprint density at radius 3 is 2.58 bits per heavy atom. The number of hydrogen-bond donors (Lipinski definition) is 1. The van der Waals surface area contributed by atoms with E-state index in [0.717, 1.165) is 0 Å². The molecule has 1 aromatic heterocycles. The van der Waals surface area contributed by atoms with Gasteiger partial charge in [-0.3, -0.25) is 23.7 Å². The van der Waals surface area contributed by atoms with E-state index in [2.05, 4.69) is 20.9 Å². The Hall–Kier alpha value is -0.770. The number of aromatic nitrogens is 2. The molecule has 1 N–H and O–H groups in total. The van der Waals surface area contributed by atoms with Crippen LogP contribution in [0.25, 0.3) is 0 Å². The Morgan fingerprint density at radius 1 is 1.38 bits per heavy atom. The highest BCUT2D eigenvalue weighted by Gasteiger charge is 2.39. The second kappa shape index (κ2) is 8.07. The number of aromatic amines is 1. The van der Waals surface area contributed by atoms with Gasteiger partial charge in [0.15, 0.2) is 6.23 Å². The van der Waals surface area contributed by atoms with Gasteiger partial charge in [-0.25, -0.2) is 4.79 Å². The molecular formula is C13H21BrN3O6P. The predicted molar refractivity (Wildman–Crippen MR) is 91.0 cm³/mol. The van der Waals surface area contributed by atoms with Gasteiger partial charge in [0.25, 0.3) is 5.56 Å². The first-order valence-corrected chi connectivity index (χ1v) is 10.1. The Bertz CT molecular complexity index is 725. The highest BCUT2D eigenvalue weighted by atomic mass is 79.9. The minimum absolute atomic E-state index is 0.154. The largest absolute Gasteiger partial charge is 0.332 e. The maximum absolute atomic E-state index is 12.7. The van der Waals surface area contributed by atoms with Crippen LogP contribution in [-0.4, -0.2) is 47.1 Å². The molecule has 24 heavy (non-hydrogen) atoms. The number of rotatable bonds is 7. The predicted octanol–water partition coefficient (Wildman–Crippen LogP) is 1.70. The monoisotopic (exact) mass is 425 g/mol. The molecular weight excluding hydrogens is 405 g/mol. The van der Waals surface area contributed by atoms with Gasteiger partial charge < -0.3 is 9.05 Å². The van der Waals surface area contributed by atoms with Gasteiger partial charge in [0.2, 0.25) is 0 Å². The van der Waals surface area contributed by atoms with Crippen LogP contribution >= 0.6 is 23.5 Å². The Kier molecular flexibility index (Phi) is 6.58. The smallest absolute Gasteiger partial charge is 0.309 e. The average molecular weight is 426 g/mol. The first-order chi connectivity index (χ1) is 11.3. The van der Waals surface area contributed by atoms with Crippen LogP contribution < -0.4 is 11.2 Å². The van der Waals surface area contributed by atoms with Crippen LogP contribution in [0.3, 0.4) is 0 Å². The topological polar surface area (TPSA) is 103 Å². The fourth-order valence-corrected chi connectivity index (χ4v) is 4.81. The van der Waals surface area contributed by atoms with Crippen LogP contribution in [0.15, 0.2) is 20.3 Å². The molecule has 1 saturated heterocycles. The van der Waals surface area contributed by atoms with Gasteiger partial charge in [-0.1, -0.05) is 0 Å². The highest BCUT2D eigenvalue weighted by Crippen LogP contribution is 2.50. The van der Waals surface area contributed by atoms with Crippen LogP contribution in [-0.2, 0) is 18.5 Å². The summed E-state index contributed by atoms with van der Waals surface area (Å²) in [4.78, 5) is 31.3. The molecule has 0 bridgehead atoms. The summed E-state index contributed by atoms with van der Waals surface area (Å²) in [7, 11) is -1.54. The third-order valence-corrected chi connectivity index (χ3v) is 6.33. The molecule has 0 saturated carbocycles. The third-order valence-electron chi connectivity index (χ3n) is 3.60. The van der Waals surface area contributed by atoms with Crippen molar-refractivity contribution in [1.29, 1.82) is 0 Å². The Morgan fingerprint density at radius 2 is 2.00 bits per heavy atom. The molecule has 0 aromatic carbocycles. The van der Waals surface area contributed by atoms with Crippen molar-refractivity contribution >= 4 is 23.5 Å². The quantitative estimate of drug-likeness (QED) is 0.663. The lowest BCUT2D eigenvalue weighted by Crippen LogP contribution is -2.32. The van der Waals surface area contributed by atoms with E-state index in [1.807, 2.05) is 0 Å². The number of nitrogens with zero attached hydrogens (tertiary/aromatic N) is 2. The molecule has 2 atom stereocenters. The third kappa shape index (κ3) is 4.44. The van der Waals surface area contributed by atoms with Crippen LogP contribution in [0.4, 0.5) is 0 Å². The first kappa shape index (κ1) is 19.6. The Balaban J connectivity index is 2.18. The normalized spacial score (nSPS) is 22.2. The van der Waals surface area contributed by atoms with Crippen LogP contribution in [0, 0.1) is 0 Å². The van der Waals surface area contributed by atoms with Gasteiger partial charge in [-0.2, -0.15) is 5.06 Å². The van der Waals surface area contributed by atoms with Crippen LogP contribution in [0.5, 0.6) is 0 Å². The van der Waals surface area contributed by atoms with E-state index in [9.17, 15) is 14.2 Å². The van der Waals surface area contributed by atoms with E-state index in [1.54, 1.807) is 26.0 Å². The molecule has 0 radical (unpaired) electrons. The summed E-state index contributed by atoms with van der Waals surface area (Å²) in [6, 6.07) is -0.253. The Labute approximate surface area is 147 Å². The van der Waals surface area contributed by atoms with E-state index >= 15 is 0 Å². The van der Waals surface area contributed by atoms with E-state index in [4.69, 9.17) is 13.9 Å². The molecule has 0 amide bonds. The van der Waals surface area contributed by atoms with Crippen molar-refractivity contribution in [2.75, 3.05) is 26.4 Å². The van der Waals surface area contributed by atoms with E-state index < -0.39 is 25.1 Å². The molecule has 0 aliphatic carbocycles. The number of hydrogen-bond acceptors (Lipinski definition) is 7. The van der Waals surface area contributed by atoms with Crippen LogP contribution in [0.1, 0.15) is 26.5 Å². The lowest BCUT2D eigenvalue weighted by molar-refractivity contribution is -0.164. The summed E-state index contributed by atoms with van der Waals surface area (Å²) in [6.07, 6.45) is 1.32. The van der Waals surface area contributed by atoms with Gasteiger partial charge in [-0.15, -0.1) is 0 Å². The van der Waals surface area contributed by atoms with Crippen molar-refractivity contribution in [2.24, 2.45) is 0 Å². The molecule has 1 aromatic rings. The SMILES string of the molecule is CCOP(=O)(C[C@H]1C[C@@H](n2cc(Br)c(=O)[nH]c2=O)ON1C)OCC. The zero-order valence-electron chi connectivity index (χ0n) is 13.7. The molecule has 11 heteroatoms. The summed E-state index contributed by atoms with van der Waals surface area (Å²) in [6.45, 7) is 4.07. The first-order valence-electron chi connectivity index (χ1n) is 7.58. The minimum atomic E-state index is -3.23. The number of halogens is 1. The zero-order valence-corrected chi connectivity index (χ0v) is 16.2. The molecule has 9 nitrogen and oxygen atoms in total. The summed E-state index contributed by atoms with van der Waals surface area (Å²) in [5.41, 5.74) is -1.07. The van der Waals surface area contributed by atoms with Crippen molar-refractivity contribution in [2.45, 2.75) is 32.5 Å². The number of H-pyrrole nitrogens is 1. The van der Waals surface area contributed by atoms with Gasteiger partial charge in [0, 0.05) is 19.7 Å². The van der Waals surface area contributed by atoms with Gasteiger partial charge in [-0.05, 0) is 29.8 Å². The molecule has 136 valence electrons. The van der Waals surface area contributed by atoms with Gasteiger partial charge >= 0.3 is 13.3 Å². The molecule has 1 fully saturated rings. The van der Waals surface area contributed by atoms with E-state index in [1.165, 1.54) is 10.8 Å². The number of hydroxylamine groups is 2. The molecule has 1 aliphatic heterocycles. The average Bonchev–Trinajstić information content (AvgIpc) is 2.84. The second-order valence-electron chi connectivity index (χ2n) is 5.27. The molecule has 2 heterocycles. The van der Waals surface area contributed by atoms with Crippen molar-refractivity contribution in [3.63, 3.8) is 0 Å². The molecule has 0 unspecified atom stereocenters. The van der Waals surface area contributed by atoms with Crippen molar-refractivity contribution in [3.8, 4) is 0 Å². The summed E-state index contributed by atoms with van der Waals surface area (Å²) >= 11 is 3.09. The number of nitrogens with one attached hydrogen (secondary N) is 1. The molecule has 2 rings (SSSR count). The van der Waals surface area contributed by atoms with Gasteiger partial charge in [0.05, 0.1) is 29.9 Å². The highest BCUT2D eigenvalue weighted by molar-refractivity contribution is 9.10. The lowest BCUT2D eigenvalue weighted by atomic mass is 10.2.